The molecule has 9 nitrogen and oxygen atoms in total. The molecule has 1 aliphatic rings. The van der Waals surface area contributed by atoms with Gasteiger partial charge >= 0.3 is 18.9 Å². The predicted octanol–water partition coefficient (Wildman–Crippen LogP) is -0.447. The Kier molecular flexibility index (Phi) is 6.55. The molecule has 1 saturated heterocycles. The topological polar surface area (TPSA) is 123 Å². The zero-order valence-electron chi connectivity index (χ0n) is 16.2. The minimum Gasteiger partial charge on any atom is -0.464 e. The average Bonchev–Trinajstić information content (AvgIpc) is 3.11. The summed E-state index contributed by atoms with van der Waals surface area (Å²) >= 11 is 0. The Morgan fingerprint density at radius 1 is 1.21 bits per heavy atom. The molecule has 1 aliphatic heterocycles. The molecule has 10 heteroatoms. The Bertz CT molecular complexity index is 899. The van der Waals surface area contributed by atoms with Gasteiger partial charge in [-0.05, 0) is 25.0 Å². The number of nitrogens with zero attached hydrogens (tertiary/aromatic N) is 2. The number of hydrogen-bond donors (Lipinski definition) is 3. The van der Waals surface area contributed by atoms with Crippen LogP contribution in [0.5, 0.6) is 0 Å². The van der Waals surface area contributed by atoms with E-state index in [4.69, 9.17) is 4.42 Å². The lowest BCUT2D eigenvalue weighted by atomic mass is 9.76. The summed E-state index contributed by atoms with van der Waals surface area (Å²) in [5.74, 6) is -2.55. The Balaban J connectivity index is 1.56. The minimum atomic E-state index is -1.76. The van der Waals surface area contributed by atoms with E-state index in [-0.39, 0.29) is 19.4 Å². The first-order valence-corrected chi connectivity index (χ1v) is 9.59. The summed E-state index contributed by atoms with van der Waals surface area (Å²) in [5, 5.41) is 22.8. The van der Waals surface area contributed by atoms with E-state index >= 15 is 0 Å². The van der Waals surface area contributed by atoms with Crippen molar-refractivity contribution in [2.45, 2.75) is 25.7 Å². The van der Waals surface area contributed by atoms with Gasteiger partial charge in [0, 0.05) is 38.0 Å². The molecule has 1 fully saturated rings. The van der Waals surface area contributed by atoms with E-state index in [0.717, 1.165) is 10.9 Å². The summed E-state index contributed by atoms with van der Waals surface area (Å²) in [6, 6.07) is 7.34. The molecular weight excluding hydrogens is 377 g/mol. The van der Waals surface area contributed by atoms with Crippen molar-refractivity contribution in [3.05, 3.63) is 36.1 Å². The molecule has 0 aliphatic carbocycles. The Morgan fingerprint density at radius 3 is 2.62 bits per heavy atom. The van der Waals surface area contributed by atoms with E-state index in [1.807, 2.05) is 18.2 Å². The van der Waals surface area contributed by atoms with Gasteiger partial charge in [-0.25, -0.2) is 0 Å². The first-order valence-electron chi connectivity index (χ1n) is 9.59. The summed E-state index contributed by atoms with van der Waals surface area (Å²) < 4.78 is 5.45. The van der Waals surface area contributed by atoms with Crippen LogP contribution < -0.4 is 5.32 Å². The van der Waals surface area contributed by atoms with Crippen LogP contribution in [0.1, 0.15) is 18.9 Å². The number of carbonyl (C=O) groups excluding carboxylic acids is 3. The van der Waals surface area contributed by atoms with Crippen LogP contribution in [0.2, 0.25) is 0 Å². The summed E-state index contributed by atoms with van der Waals surface area (Å²) in [5.41, 5.74) is 1.42. The van der Waals surface area contributed by atoms with Crippen LogP contribution >= 0.6 is 0 Å². The zero-order chi connectivity index (χ0) is 21.0. The molecule has 2 aromatic rings. The monoisotopic (exact) mass is 401 g/mol. The zero-order valence-corrected chi connectivity index (χ0v) is 16.2. The van der Waals surface area contributed by atoms with Gasteiger partial charge in [-0.2, -0.15) is 0 Å². The molecule has 3 amide bonds. The van der Waals surface area contributed by atoms with Gasteiger partial charge in [-0.3, -0.25) is 14.4 Å². The quantitative estimate of drug-likeness (QED) is 0.407. The number of carbonyl (C=O) groups is 3. The summed E-state index contributed by atoms with van der Waals surface area (Å²) in [7, 11) is -1.76. The molecule has 29 heavy (non-hydrogen) atoms. The standard InChI is InChI=1S/C19H24BN3O6/c1-2-22-9-10-23(19(26)18(22)25)8-7-17(24)21-16(20(27)28)11-13-12-29-15-6-4-3-5-14(13)15/h3-6,12,16,27-28H,2,7-11H2,1H3,(H,21,24). The lowest BCUT2D eigenvalue weighted by molar-refractivity contribution is -0.156. The van der Waals surface area contributed by atoms with Gasteiger partial charge in [-0.15, -0.1) is 0 Å². The molecule has 1 unspecified atom stereocenters. The van der Waals surface area contributed by atoms with Crippen molar-refractivity contribution in [1.82, 2.24) is 15.1 Å². The van der Waals surface area contributed by atoms with Crippen molar-refractivity contribution < 1.29 is 28.8 Å². The highest BCUT2D eigenvalue weighted by atomic mass is 16.4. The highest BCUT2D eigenvalue weighted by Crippen LogP contribution is 2.22. The van der Waals surface area contributed by atoms with Crippen molar-refractivity contribution in [3.63, 3.8) is 0 Å². The maximum atomic E-state index is 12.3. The SMILES string of the molecule is CCN1CCN(CCC(=O)NC(Cc2coc3ccccc23)B(O)O)C(=O)C1=O. The molecule has 3 rings (SSSR count). The molecule has 154 valence electrons. The van der Waals surface area contributed by atoms with Crippen LogP contribution in [0.15, 0.2) is 34.9 Å². The van der Waals surface area contributed by atoms with Crippen molar-refractivity contribution in [1.29, 1.82) is 0 Å². The highest BCUT2D eigenvalue weighted by molar-refractivity contribution is 6.43. The van der Waals surface area contributed by atoms with E-state index in [1.165, 1.54) is 16.1 Å². The Hall–Kier alpha value is -2.85. The predicted molar refractivity (Wildman–Crippen MR) is 105 cm³/mol. The number of para-hydroxylation sites is 1. The van der Waals surface area contributed by atoms with E-state index in [2.05, 4.69) is 5.32 Å². The largest absolute Gasteiger partial charge is 0.475 e. The van der Waals surface area contributed by atoms with Crippen molar-refractivity contribution >= 4 is 35.8 Å². The number of fused-ring (bicyclic) bond motifs is 1. The molecule has 1 atom stereocenters. The summed E-state index contributed by atoms with van der Waals surface area (Å²) in [6.45, 7) is 3.18. The number of furan rings is 1. The number of piperazine rings is 1. The lowest BCUT2D eigenvalue weighted by Gasteiger charge is -2.33. The number of amides is 3. The van der Waals surface area contributed by atoms with Crippen LogP contribution in [-0.2, 0) is 20.8 Å². The Morgan fingerprint density at radius 2 is 1.90 bits per heavy atom. The number of rotatable bonds is 8. The second kappa shape index (κ2) is 9.10. The normalized spacial score (nSPS) is 15.7. The third-order valence-corrected chi connectivity index (χ3v) is 5.09. The van der Waals surface area contributed by atoms with E-state index in [1.54, 1.807) is 13.0 Å². The first kappa shape index (κ1) is 20.9. The van der Waals surface area contributed by atoms with Crippen molar-refractivity contribution in [3.8, 4) is 0 Å². The van der Waals surface area contributed by atoms with Crippen LogP contribution in [0, 0.1) is 0 Å². The fourth-order valence-corrected chi connectivity index (χ4v) is 3.40. The Labute approximate surface area is 168 Å². The van der Waals surface area contributed by atoms with Gasteiger partial charge in [-0.1, -0.05) is 18.2 Å². The van der Waals surface area contributed by atoms with Crippen LogP contribution in [-0.4, -0.2) is 76.8 Å². The number of hydrogen-bond acceptors (Lipinski definition) is 6. The van der Waals surface area contributed by atoms with Gasteiger partial charge in [0.15, 0.2) is 0 Å². The molecule has 3 N–H and O–H groups in total. The summed E-state index contributed by atoms with van der Waals surface area (Å²) in [4.78, 5) is 39.1. The average molecular weight is 401 g/mol. The van der Waals surface area contributed by atoms with Gasteiger partial charge in [0.25, 0.3) is 0 Å². The number of likely N-dealkylation sites (N-methyl/N-ethyl adjacent to an activating group) is 1. The minimum absolute atomic E-state index is 0.0412. The van der Waals surface area contributed by atoms with Gasteiger partial charge in [0.05, 0.1) is 12.2 Å². The highest BCUT2D eigenvalue weighted by Gasteiger charge is 2.32. The fourth-order valence-electron chi connectivity index (χ4n) is 3.40. The molecular formula is C19H24BN3O6. The van der Waals surface area contributed by atoms with Crippen molar-refractivity contribution in [2.75, 3.05) is 26.2 Å². The third-order valence-electron chi connectivity index (χ3n) is 5.09. The van der Waals surface area contributed by atoms with Gasteiger partial charge in [0.2, 0.25) is 5.91 Å². The van der Waals surface area contributed by atoms with Crippen LogP contribution in [0.3, 0.4) is 0 Å². The second-order valence-corrected chi connectivity index (χ2v) is 6.98. The third kappa shape index (κ3) is 4.77. The van der Waals surface area contributed by atoms with Gasteiger partial charge < -0.3 is 29.6 Å². The van der Waals surface area contributed by atoms with E-state index < -0.39 is 30.8 Å². The maximum Gasteiger partial charge on any atom is 0.475 e. The number of benzene rings is 1. The van der Waals surface area contributed by atoms with Gasteiger partial charge in [0.1, 0.15) is 5.58 Å². The van der Waals surface area contributed by atoms with Crippen molar-refractivity contribution in [2.24, 2.45) is 0 Å². The van der Waals surface area contributed by atoms with E-state index in [9.17, 15) is 24.4 Å². The van der Waals surface area contributed by atoms with Crippen LogP contribution in [0.4, 0.5) is 0 Å². The van der Waals surface area contributed by atoms with E-state index in [0.29, 0.717) is 25.2 Å². The maximum absolute atomic E-state index is 12.3. The summed E-state index contributed by atoms with van der Waals surface area (Å²) in [6.07, 6.45) is 1.66. The fraction of sp³-hybridized carbons (Fsp3) is 0.421. The molecule has 0 radical (unpaired) electrons. The molecule has 1 aromatic heterocycles. The lowest BCUT2D eigenvalue weighted by Crippen LogP contribution is -2.55. The smallest absolute Gasteiger partial charge is 0.464 e. The molecule has 0 saturated carbocycles. The molecule has 1 aromatic carbocycles. The molecule has 0 spiro atoms. The molecule has 0 bridgehead atoms. The van der Waals surface area contributed by atoms with Crippen LogP contribution in [0.25, 0.3) is 11.0 Å². The second-order valence-electron chi connectivity index (χ2n) is 6.98. The molecule has 2 heterocycles. The first-order chi connectivity index (χ1) is 13.9. The number of nitrogens with one attached hydrogen (secondary N) is 1.